The lowest BCUT2D eigenvalue weighted by Crippen LogP contribution is -2.48. The number of nitrogens with zero attached hydrogens (tertiary/aromatic N) is 1. The molecule has 2 nitrogen and oxygen atoms in total. The van der Waals surface area contributed by atoms with Crippen LogP contribution in [0.1, 0.15) is 58.3 Å². The fraction of sp³-hybridized carbons (Fsp3) is 1.00. The average molecular weight is 224 g/mol. The molecule has 1 N–H and O–H groups in total. The Kier molecular flexibility index (Phi) is 4.66. The Morgan fingerprint density at radius 3 is 2.38 bits per heavy atom. The van der Waals surface area contributed by atoms with Gasteiger partial charge < -0.3 is 10.2 Å². The molecule has 2 aliphatic rings. The van der Waals surface area contributed by atoms with Crippen molar-refractivity contribution in [2.75, 3.05) is 13.6 Å². The van der Waals surface area contributed by atoms with Crippen molar-refractivity contribution in [3.8, 4) is 0 Å². The Balaban J connectivity index is 1.76. The van der Waals surface area contributed by atoms with E-state index in [1.54, 1.807) is 0 Å². The maximum Gasteiger partial charge on any atom is 0.0110 e. The van der Waals surface area contributed by atoms with Gasteiger partial charge in [-0.25, -0.2) is 0 Å². The second-order valence-corrected chi connectivity index (χ2v) is 5.72. The summed E-state index contributed by atoms with van der Waals surface area (Å²) in [5, 5.41) is 3.70. The van der Waals surface area contributed by atoms with E-state index in [1.807, 2.05) is 0 Å². The number of rotatable bonds is 5. The van der Waals surface area contributed by atoms with Crippen molar-refractivity contribution in [1.82, 2.24) is 10.2 Å². The summed E-state index contributed by atoms with van der Waals surface area (Å²) in [6.07, 6.45) is 11.2. The van der Waals surface area contributed by atoms with Gasteiger partial charge >= 0.3 is 0 Å². The Labute approximate surface area is 101 Å². The second-order valence-electron chi connectivity index (χ2n) is 5.72. The summed E-state index contributed by atoms with van der Waals surface area (Å²) < 4.78 is 0. The quantitative estimate of drug-likeness (QED) is 0.772. The van der Waals surface area contributed by atoms with Crippen molar-refractivity contribution in [3.05, 3.63) is 0 Å². The Morgan fingerprint density at radius 1 is 1.06 bits per heavy atom. The molecule has 0 aromatic heterocycles. The smallest absolute Gasteiger partial charge is 0.0110 e. The van der Waals surface area contributed by atoms with Gasteiger partial charge in [0, 0.05) is 18.1 Å². The van der Waals surface area contributed by atoms with E-state index in [4.69, 9.17) is 0 Å². The molecular formula is C14H28N2. The molecule has 0 amide bonds. The molecule has 0 aliphatic heterocycles. The van der Waals surface area contributed by atoms with Crippen LogP contribution < -0.4 is 5.32 Å². The van der Waals surface area contributed by atoms with E-state index in [0.29, 0.717) is 0 Å². The first-order valence-corrected chi connectivity index (χ1v) is 7.26. The van der Waals surface area contributed by atoms with Crippen LogP contribution in [0.5, 0.6) is 0 Å². The molecule has 94 valence electrons. The first-order chi connectivity index (χ1) is 7.81. The lowest BCUT2D eigenvalue weighted by molar-refractivity contribution is 0.0790. The lowest BCUT2D eigenvalue weighted by Gasteiger charge is -2.43. The minimum absolute atomic E-state index is 0.793. The summed E-state index contributed by atoms with van der Waals surface area (Å²) >= 11 is 0. The number of hydrogen-bond donors (Lipinski definition) is 1. The molecule has 0 spiro atoms. The molecule has 2 fully saturated rings. The highest BCUT2D eigenvalue weighted by atomic mass is 15.2. The van der Waals surface area contributed by atoms with Gasteiger partial charge in [0.25, 0.3) is 0 Å². The summed E-state index contributed by atoms with van der Waals surface area (Å²) in [6, 6.07) is 2.56. The molecule has 0 aromatic carbocycles. The fourth-order valence-electron chi connectivity index (χ4n) is 3.16. The Bertz CT molecular complexity index is 201. The maximum absolute atomic E-state index is 3.70. The summed E-state index contributed by atoms with van der Waals surface area (Å²) in [7, 11) is 2.36. The third kappa shape index (κ3) is 2.98. The first kappa shape index (κ1) is 12.4. The van der Waals surface area contributed by atoms with Crippen molar-refractivity contribution in [1.29, 1.82) is 0 Å². The Morgan fingerprint density at radius 2 is 1.75 bits per heavy atom. The van der Waals surface area contributed by atoms with Gasteiger partial charge in [-0.1, -0.05) is 19.8 Å². The van der Waals surface area contributed by atoms with Crippen LogP contribution in [0.2, 0.25) is 0 Å². The van der Waals surface area contributed by atoms with Crippen LogP contribution in [0.25, 0.3) is 0 Å². The second kappa shape index (κ2) is 6.02. The van der Waals surface area contributed by atoms with Gasteiger partial charge in [0.05, 0.1) is 0 Å². The summed E-state index contributed by atoms with van der Waals surface area (Å²) in [4.78, 5) is 2.68. The minimum atomic E-state index is 0.793. The molecule has 2 atom stereocenters. The van der Waals surface area contributed by atoms with Crippen LogP contribution in [-0.2, 0) is 0 Å². The van der Waals surface area contributed by atoms with Gasteiger partial charge in [0.15, 0.2) is 0 Å². The van der Waals surface area contributed by atoms with Gasteiger partial charge in [-0.15, -0.1) is 0 Å². The highest BCUT2D eigenvalue weighted by Crippen LogP contribution is 2.30. The van der Waals surface area contributed by atoms with E-state index >= 15 is 0 Å². The molecule has 2 heteroatoms. The summed E-state index contributed by atoms with van der Waals surface area (Å²) in [5.74, 6) is 0. The molecule has 0 saturated heterocycles. The van der Waals surface area contributed by atoms with Crippen molar-refractivity contribution >= 4 is 0 Å². The molecule has 0 radical (unpaired) electrons. The molecule has 2 saturated carbocycles. The fourth-order valence-corrected chi connectivity index (χ4v) is 3.16. The average Bonchev–Trinajstić information content (AvgIpc) is 2.24. The number of hydrogen-bond acceptors (Lipinski definition) is 2. The van der Waals surface area contributed by atoms with Crippen LogP contribution in [0.15, 0.2) is 0 Å². The predicted molar refractivity (Wildman–Crippen MR) is 69.7 cm³/mol. The van der Waals surface area contributed by atoms with E-state index in [-0.39, 0.29) is 0 Å². The third-order valence-electron chi connectivity index (χ3n) is 4.56. The van der Waals surface area contributed by atoms with E-state index in [2.05, 4.69) is 24.2 Å². The molecule has 0 bridgehead atoms. The van der Waals surface area contributed by atoms with E-state index in [9.17, 15) is 0 Å². The van der Waals surface area contributed by atoms with Gasteiger partial charge in [-0.3, -0.25) is 0 Å². The van der Waals surface area contributed by atoms with Gasteiger partial charge in [0.2, 0.25) is 0 Å². The lowest BCUT2D eigenvalue weighted by atomic mass is 9.85. The van der Waals surface area contributed by atoms with E-state index in [1.165, 1.54) is 57.9 Å². The first-order valence-electron chi connectivity index (χ1n) is 7.26. The monoisotopic (exact) mass is 224 g/mol. The van der Waals surface area contributed by atoms with Crippen LogP contribution >= 0.6 is 0 Å². The zero-order valence-corrected chi connectivity index (χ0v) is 11.0. The van der Waals surface area contributed by atoms with Crippen LogP contribution in [-0.4, -0.2) is 36.6 Å². The predicted octanol–water partition coefficient (Wildman–Crippen LogP) is 2.78. The molecule has 2 aliphatic carbocycles. The molecule has 0 aromatic rings. The highest BCUT2D eigenvalue weighted by Gasteiger charge is 2.30. The molecular weight excluding hydrogens is 196 g/mol. The largest absolute Gasteiger partial charge is 0.314 e. The SMILES string of the molecule is CCCNC1CCCC(N(C)C2CCC2)C1. The molecule has 16 heavy (non-hydrogen) atoms. The maximum atomic E-state index is 3.70. The zero-order chi connectivity index (χ0) is 11.4. The molecule has 2 unspecified atom stereocenters. The van der Waals surface area contributed by atoms with Crippen molar-refractivity contribution in [2.24, 2.45) is 0 Å². The van der Waals surface area contributed by atoms with Gasteiger partial charge in [-0.05, 0) is 52.1 Å². The standard InChI is InChI=1S/C14H28N2/c1-3-10-15-12-6-4-9-14(11-12)16(2)13-7-5-8-13/h12-15H,3-11H2,1-2H3. The topological polar surface area (TPSA) is 15.3 Å². The van der Waals surface area contributed by atoms with Crippen LogP contribution in [0.4, 0.5) is 0 Å². The van der Waals surface area contributed by atoms with E-state index in [0.717, 1.165) is 18.1 Å². The molecule has 2 rings (SSSR count). The van der Waals surface area contributed by atoms with Crippen LogP contribution in [0, 0.1) is 0 Å². The number of nitrogens with one attached hydrogen (secondary N) is 1. The third-order valence-corrected chi connectivity index (χ3v) is 4.56. The van der Waals surface area contributed by atoms with E-state index < -0.39 is 0 Å². The molecule has 0 heterocycles. The van der Waals surface area contributed by atoms with Gasteiger partial charge in [0.1, 0.15) is 0 Å². The normalized spacial score (nSPS) is 31.7. The van der Waals surface area contributed by atoms with Crippen molar-refractivity contribution < 1.29 is 0 Å². The highest BCUT2D eigenvalue weighted by molar-refractivity contribution is 4.88. The van der Waals surface area contributed by atoms with Crippen LogP contribution in [0.3, 0.4) is 0 Å². The summed E-state index contributed by atoms with van der Waals surface area (Å²) in [6.45, 7) is 3.46. The zero-order valence-electron chi connectivity index (χ0n) is 11.0. The van der Waals surface area contributed by atoms with Crippen molar-refractivity contribution in [2.45, 2.75) is 76.4 Å². The van der Waals surface area contributed by atoms with Crippen molar-refractivity contribution in [3.63, 3.8) is 0 Å². The minimum Gasteiger partial charge on any atom is -0.314 e. The summed E-state index contributed by atoms with van der Waals surface area (Å²) in [5.41, 5.74) is 0. The Hall–Kier alpha value is -0.0800. The van der Waals surface area contributed by atoms with Gasteiger partial charge in [-0.2, -0.15) is 0 Å².